The Balaban J connectivity index is -0.00000180. The molecular weight excluding hydrogens is 333 g/mol. The molecule has 0 saturated heterocycles. The molecule has 1 nitrogen and oxygen atoms in total. The van der Waals surface area contributed by atoms with Crippen LogP contribution in [0.4, 0.5) is 0 Å². The summed E-state index contributed by atoms with van der Waals surface area (Å²) >= 11 is 0. The largest absolute Gasteiger partial charge is 1.00 e. The fraction of sp³-hybridized carbons (Fsp3) is 1.00. The lowest BCUT2D eigenvalue weighted by molar-refractivity contribution is -0.870. The molecule has 0 heterocycles. The summed E-state index contributed by atoms with van der Waals surface area (Å²) < 4.78 is 1.12. The average Bonchev–Trinajstić information content (AvgIpc) is 2.38. The highest BCUT2D eigenvalue weighted by Crippen LogP contribution is 2.13. The van der Waals surface area contributed by atoms with Crippen LogP contribution in [0.25, 0.3) is 0 Å². The minimum Gasteiger partial charge on any atom is -1.00 e. The molecule has 0 aliphatic carbocycles. The Morgan fingerprint density at radius 1 is 0.500 bits per heavy atom. The van der Waals surface area contributed by atoms with E-state index in [1.807, 2.05) is 0 Å². The van der Waals surface area contributed by atoms with Crippen molar-refractivity contribution in [2.45, 2.75) is 96.8 Å². The van der Waals surface area contributed by atoms with Gasteiger partial charge in [0.25, 0.3) is 0 Å². The van der Waals surface area contributed by atoms with Gasteiger partial charge in [-0.15, -0.1) is 0 Å². The number of hydrogen-bond acceptors (Lipinski definition) is 0. The molecule has 0 aromatic rings. The molecule has 0 N–H and O–H groups in total. The van der Waals surface area contributed by atoms with E-state index in [0.29, 0.717) is 0 Å². The maximum Gasteiger partial charge on any atom is 0.0814 e. The first-order valence-electron chi connectivity index (χ1n) is 9.36. The van der Waals surface area contributed by atoms with Crippen molar-refractivity contribution >= 4 is 8.41 Å². The van der Waals surface area contributed by atoms with Crippen LogP contribution in [-0.4, -0.2) is 40.6 Å². The summed E-state index contributed by atoms with van der Waals surface area (Å²) in [6.45, 7) is 3.63. The van der Waals surface area contributed by atoms with E-state index in [1.54, 1.807) is 0 Å². The topological polar surface area (TPSA) is 0 Å². The molecule has 136 valence electrons. The van der Waals surface area contributed by atoms with Crippen LogP contribution < -0.4 is 17.0 Å². The molecule has 22 heavy (non-hydrogen) atoms. The smallest absolute Gasteiger partial charge is 0.0814 e. The van der Waals surface area contributed by atoms with E-state index < -0.39 is 0 Å². The van der Waals surface area contributed by atoms with Crippen LogP contribution in [0.5, 0.6) is 0 Å². The lowest BCUT2D eigenvalue weighted by Gasteiger charge is -2.23. The summed E-state index contributed by atoms with van der Waals surface area (Å²) in [6, 6.07) is 0. The number of quaternary nitrogens is 1. The van der Waals surface area contributed by atoms with Crippen molar-refractivity contribution < 1.29 is 21.5 Å². The Kier molecular flexibility index (Phi) is 24.3. The van der Waals surface area contributed by atoms with Crippen molar-refractivity contribution in [3.8, 4) is 0 Å². The minimum atomic E-state index is 0. The van der Waals surface area contributed by atoms with E-state index >= 15 is 0 Å². The number of hydrogen-bond donors (Lipinski definition) is 0. The molecule has 0 fully saturated rings. The molecular formula is C19H45BBrN. The van der Waals surface area contributed by atoms with E-state index in [4.69, 9.17) is 0 Å². The summed E-state index contributed by atoms with van der Waals surface area (Å²) in [5, 5.41) is 0. The van der Waals surface area contributed by atoms with Gasteiger partial charge in [-0.3, -0.25) is 0 Å². The summed E-state index contributed by atoms with van der Waals surface area (Å²) in [5.74, 6) is 0. The van der Waals surface area contributed by atoms with E-state index in [9.17, 15) is 0 Å². The van der Waals surface area contributed by atoms with Gasteiger partial charge in [-0.2, -0.15) is 0 Å². The first kappa shape index (κ1) is 27.4. The second-order valence-electron chi connectivity index (χ2n) is 7.61. The summed E-state index contributed by atoms with van der Waals surface area (Å²) in [4.78, 5) is 0. The van der Waals surface area contributed by atoms with Crippen LogP contribution in [0.15, 0.2) is 0 Å². The molecule has 0 atom stereocenters. The van der Waals surface area contributed by atoms with Crippen LogP contribution in [0.1, 0.15) is 96.8 Å². The van der Waals surface area contributed by atoms with Crippen LogP contribution in [0.3, 0.4) is 0 Å². The van der Waals surface area contributed by atoms with Gasteiger partial charge < -0.3 is 21.5 Å². The third-order valence-corrected chi connectivity index (χ3v) is 4.18. The fourth-order valence-corrected chi connectivity index (χ4v) is 2.78. The molecule has 0 spiro atoms. The van der Waals surface area contributed by atoms with Crippen LogP contribution in [-0.2, 0) is 0 Å². The number of unbranched alkanes of at least 4 members (excludes halogenated alkanes) is 13. The van der Waals surface area contributed by atoms with Gasteiger partial charge in [-0.25, -0.2) is 0 Å². The van der Waals surface area contributed by atoms with Crippen LogP contribution in [0, 0.1) is 0 Å². The molecule has 0 aliphatic heterocycles. The predicted octanol–water partition coefficient (Wildman–Crippen LogP) is 1.99. The molecule has 0 aliphatic rings. The molecule has 0 aromatic carbocycles. The predicted molar refractivity (Wildman–Crippen MR) is 103 cm³/mol. The highest BCUT2D eigenvalue weighted by Gasteiger charge is 2.04. The maximum atomic E-state index is 2.29. The van der Waals surface area contributed by atoms with Gasteiger partial charge in [-0.05, 0) is 12.8 Å². The fourth-order valence-electron chi connectivity index (χ4n) is 2.78. The number of halogens is 1. The van der Waals surface area contributed by atoms with Crippen molar-refractivity contribution in [2.24, 2.45) is 0 Å². The zero-order valence-corrected chi connectivity index (χ0v) is 17.0. The molecule has 0 rings (SSSR count). The van der Waals surface area contributed by atoms with Gasteiger partial charge in [0, 0.05) is 0 Å². The number of rotatable bonds is 15. The van der Waals surface area contributed by atoms with Crippen molar-refractivity contribution in [3.63, 3.8) is 0 Å². The van der Waals surface area contributed by atoms with Gasteiger partial charge in [0.2, 0.25) is 0 Å². The van der Waals surface area contributed by atoms with Gasteiger partial charge in [-0.1, -0.05) is 84.0 Å². The van der Waals surface area contributed by atoms with Crippen molar-refractivity contribution in [1.29, 1.82) is 0 Å². The van der Waals surface area contributed by atoms with E-state index in [-0.39, 0.29) is 25.4 Å². The second-order valence-corrected chi connectivity index (χ2v) is 7.61. The summed E-state index contributed by atoms with van der Waals surface area (Å²) in [5.41, 5.74) is 0. The molecule has 0 aromatic heterocycles. The number of nitrogens with zero attached hydrogens (tertiary/aromatic N) is 1. The SMILES string of the molecule is B.CCCCCCCCCCCCCCCC[N+](C)(C)C.[Br-]. The van der Waals surface area contributed by atoms with Crippen LogP contribution in [0.2, 0.25) is 0 Å². The van der Waals surface area contributed by atoms with Crippen LogP contribution >= 0.6 is 0 Å². The quantitative estimate of drug-likeness (QED) is 0.232. The monoisotopic (exact) mass is 377 g/mol. The molecule has 0 unspecified atom stereocenters. The Morgan fingerprint density at radius 2 is 0.773 bits per heavy atom. The van der Waals surface area contributed by atoms with Gasteiger partial charge in [0.05, 0.1) is 36.1 Å². The van der Waals surface area contributed by atoms with E-state index in [2.05, 4.69) is 28.1 Å². The maximum absolute atomic E-state index is 2.29. The van der Waals surface area contributed by atoms with Gasteiger partial charge in [0.15, 0.2) is 0 Å². The van der Waals surface area contributed by atoms with Crippen molar-refractivity contribution in [1.82, 2.24) is 0 Å². The molecule has 0 saturated carbocycles. The molecule has 3 heteroatoms. The molecule has 0 bridgehead atoms. The lowest BCUT2D eigenvalue weighted by atomic mass is 10.0. The Bertz CT molecular complexity index is 192. The molecule has 0 amide bonds. The Morgan fingerprint density at radius 3 is 1.05 bits per heavy atom. The standard InChI is InChI=1S/C19H42N.BH3.BrH/c1-5-6-7-8-9-10-11-12-13-14-15-16-17-18-19-20(2,3)4;;/h5-19H2,1-4H3;1H3;1H/q+1;;/p-1. The first-order valence-corrected chi connectivity index (χ1v) is 9.36. The van der Waals surface area contributed by atoms with Gasteiger partial charge >= 0.3 is 0 Å². The van der Waals surface area contributed by atoms with Crippen molar-refractivity contribution in [2.75, 3.05) is 27.7 Å². The Hall–Kier alpha value is 0.505. The zero-order valence-electron chi connectivity index (χ0n) is 15.4. The second kappa shape index (κ2) is 19.6. The van der Waals surface area contributed by atoms with Gasteiger partial charge in [0.1, 0.15) is 0 Å². The summed E-state index contributed by atoms with van der Waals surface area (Å²) in [7, 11) is 6.88. The third kappa shape index (κ3) is 25.5. The Labute approximate surface area is 154 Å². The molecule has 0 radical (unpaired) electrons. The van der Waals surface area contributed by atoms with E-state index in [0.717, 1.165) is 4.48 Å². The lowest BCUT2D eigenvalue weighted by Crippen LogP contribution is -3.00. The zero-order chi connectivity index (χ0) is 15.1. The third-order valence-electron chi connectivity index (χ3n) is 4.18. The highest BCUT2D eigenvalue weighted by molar-refractivity contribution is 5.75. The highest BCUT2D eigenvalue weighted by atomic mass is 79.9. The van der Waals surface area contributed by atoms with E-state index in [1.165, 1.54) is 96.4 Å². The first-order chi connectivity index (χ1) is 9.56. The average molecular weight is 378 g/mol. The summed E-state index contributed by atoms with van der Waals surface area (Å²) in [6.07, 6.45) is 20.4. The van der Waals surface area contributed by atoms with Crippen molar-refractivity contribution in [3.05, 3.63) is 0 Å². The normalized spacial score (nSPS) is 10.9. The minimum absolute atomic E-state index is 0.